The second-order valence-corrected chi connectivity index (χ2v) is 7.56. The van der Waals surface area contributed by atoms with Crippen molar-refractivity contribution in [3.05, 3.63) is 59.8 Å². The fraction of sp³-hybridized carbons (Fsp3) is 0.227. The Kier molecular flexibility index (Phi) is 5.02. The van der Waals surface area contributed by atoms with Crippen LogP contribution < -0.4 is 10.1 Å². The molecule has 1 amide bonds. The number of nitrogens with one attached hydrogen (secondary N) is 1. The summed E-state index contributed by atoms with van der Waals surface area (Å²) in [6, 6.07) is 9.28. The monoisotopic (exact) mass is 441 g/mol. The van der Waals surface area contributed by atoms with E-state index in [0.717, 1.165) is 18.7 Å². The van der Waals surface area contributed by atoms with Gasteiger partial charge in [0.25, 0.3) is 5.91 Å². The third kappa shape index (κ3) is 3.57. The third-order valence-corrected chi connectivity index (χ3v) is 5.50. The van der Waals surface area contributed by atoms with Gasteiger partial charge in [-0.1, -0.05) is 6.07 Å². The van der Waals surface area contributed by atoms with E-state index in [1.807, 2.05) is 6.07 Å². The van der Waals surface area contributed by atoms with Gasteiger partial charge in [0.15, 0.2) is 5.82 Å². The van der Waals surface area contributed by atoms with Crippen molar-refractivity contribution in [2.75, 3.05) is 12.4 Å². The topological polar surface area (TPSA) is 136 Å². The molecular weight excluding hydrogens is 422 g/mol. The van der Waals surface area contributed by atoms with E-state index in [1.54, 1.807) is 18.2 Å². The van der Waals surface area contributed by atoms with Crippen LogP contribution in [-0.2, 0) is 6.42 Å². The number of pyridine rings is 2. The van der Waals surface area contributed by atoms with Crippen LogP contribution in [0.5, 0.6) is 5.88 Å². The van der Waals surface area contributed by atoms with E-state index in [0.29, 0.717) is 34.6 Å². The third-order valence-electron chi connectivity index (χ3n) is 5.50. The molecule has 0 aromatic carbocycles. The Balaban J connectivity index is 1.44. The van der Waals surface area contributed by atoms with Crippen LogP contribution >= 0.6 is 0 Å². The van der Waals surface area contributed by atoms with Gasteiger partial charge in [-0.2, -0.15) is 5.26 Å². The van der Waals surface area contributed by atoms with E-state index in [1.165, 1.54) is 30.4 Å². The molecule has 0 aliphatic carbocycles. The van der Waals surface area contributed by atoms with Crippen molar-refractivity contribution in [2.24, 2.45) is 0 Å². The summed E-state index contributed by atoms with van der Waals surface area (Å²) in [6.07, 6.45) is 6.40. The highest BCUT2D eigenvalue weighted by atomic mass is 16.5. The van der Waals surface area contributed by atoms with Crippen LogP contribution in [0.4, 0.5) is 5.82 Å². The molecule has 0 bridgehead atoms. The molecule has 4 aromatic rings. The number of fused-ring (bicyclic) bond motifs is 1. The molecule has 11 heteroatoms. The summed E-state index contributed by atoms with van der Waals surface area (Å²) in [7, 11) is 1.42. The standard InChI is InChI=1S/C22H19N9O2/c1-13-6-7-19-27-28-20(31(13)19)16-4-3-5-18(25-16)26-21(32)15-12-30(29-22(15)33-2)17-11-24-9-8-14(17)10-23/h3-5,8-9,11-13H,6-7H2,1-2H3,(H,25,26,32)/t13-/m0/s1. The van der Waals surface area contributed by atoms with Crippen molar-refractivity contribution in [1.29, 1.82) is 5.26 Å². The highest BCUT2D eigenvalue weighted by molar-refractivity contribution is 6.05. The molecule has 0 saturated heterocycles. The number of carbonyl (C=O) groups excluding carboxylic acids is 1. The largest absolute Gasteiger partial charge is 0.479 e. The van der Waals surface area contributed by atoms with Gasteiger partial charge in [-0.05, 0) is 31.5 Å². The van der Waals surface area contributed by atoms with Crippen molar-refractivity contribution in [3.8, 4) is 29.2 Å². The quantitative estimate of drug-likeness (QED) is 0.499. The van der Waals surface area contributed by atoms with Gasteiger partial charge >= 0.3 is 0 Å². The molecule has 0 fully saturated rings. The Morgan fingerprint density at radius 2 is 2.18 bits per heavy atom. The smallest absolute Gasteiger partial charge is 0.263 e. The lowest BCUT2D eigenvalue weighted by molar-refractivity contribution is 0.102. The maximum Gasteiger partial charge on any atom is 0.263 e. The van der Waals surface area contributed by atoms with Gasteiger partial charge in [0.1, 0.15) is 34.7 Å². The first kappa shape index (κ1) is 20.3. The number of hydrogen-bond acceptors (Lipinski definition) is 8. The van der Waals surface area contributed by atoms with Gasteiger partial charge in [0.05, 0.1) is 18.9 Å². The Labute approximate surface area is 188 Å². The highest BCUT2D eigenvalue weighted by Crippen LogP contribution is 2.30. The predicted octanol–water partition coefficient (Wildman–Crippen LogP) is 2.56. The Morgan fingerprint density at radius 3 is 3.00 bits per heavy atom. The summed E-state index contributed by atoms with van der Waals surface area (Å²) in [4.78, 5) is 21.6. The number of carbonyl (C=O) groups is 1. The maximum atomic E-state index is 13.0. The van der Waals surface area contributed by atoms with E-state index >= 15 is 0 Å². The first-order chi connectivity index (χ1) is 16.1. The number of hydrogen-bond donors (Lipinski definition) is 1. The minimum Gasteiger partial charge on any atom is -0.479 e. The van der Waals surface area contributed by atoms with Crippen LogP contribution in [-0.4, -0.2) is 47.5 Å². The fourth-order valence-electron chi connectivity index (χ4n) is 3.86. The minimum absolute atomic E-state index is 0.112. The van der Waals surface area contributed by atoms with Crippen molar-refractivity contribution < 1.29 is 9.53 Å². The van der Waals surface area contributed by atoms with Crippen LogP contribution in [0.3, 0.4) is 0 Å². The molecule has 164 valence electrons. The number of aromatic nitrogens is 7. The van der Waals surface area contributed by atoms with Crippen molar-refractivity contribution in [1.82, 2.24) is 34.5 Å². The Bertz CT molecular complexity index is 1400. The van der Waals surface area contributed by atoms with Gasteiger partial charge in [-0.25, -0.2) is 9.67 Å². The van der Waals surface area contributed by atoms with E-state index in [-0.39, 0.29) is 11.4 Å². The normalized spacial score (nSPS) is 14.5. The van der Waals surface area contributed by atoms with E-state index in [4.69, 9.17) is 4.74 Å². The summed E-state index contributed by atoms with van der Waals surface area (Å²) >= 11 is 0. The lowest BCUT2D eigenvalue weighted by atomic mass is 10.2. The van der Waals surface area contributed by atoms with Crippen molar-refractivity contribution in [3.63, 3.8) is 0 Å². The SMILES string of the molecule is COc1nn(-c2cnccc2C#N)cc1C(=O)Nc1cccc(-c2nnc3n2[C@@H](C)CC3)n1. The molecule has 0 unspecified atom stereocenters. The molecular formula is C22H19N9O2. The number of methoxy groups -OCH3 is 1. The zero-order chi connectivity index (χ0) is 22.9. The molecule has 0 spiro atoms. The summed E-state index contributed by atoms with van der Waals surface area (Å²) in [5.41, 5.74) is 1.62. The number of nitrogens with zero attached hydrogens (tertiary/aromatic N) is 8. The van der Waals surface area contributed by atoms with E-state index in [9.17, 15) is 10.1 Å². The molecule has 0 saturated carbocycles. The molecule has 5 rings (SSSR count). The molecule has 1 aliphatic heterocycles. The average Bonchev–Trinajstić information content (AvgIpc) is 3.55. The zero-order valence-corrected chi connectivity index (χ0v) is 17.9. The Morgan fingerprint density at radius 1 is 1.30 bits per heavy atom. The summed E-state index contributed by atoms with van der Waals surface area (Å²) in [5.74, 6) is 1.63. The Hall–Kier alpha value is -4.59. The molecule has 1 N–H and O–H groups in total. The van der Waals surface area contributed by atoms with E-state index in [2.05, 4.69) is 48.1 Å². The van der Waals surface area contributed by atoms with Crippen LogP contribution in [0.25, 0.3) is 17.2 Å². The van der Waals surface area contributed by atoms with Gasteiger partial charge in [0.2, 0.25) is 5.88 Å². The number of anilines is 1. The summed E-state index contributed by atoms with van der Waals surface area (Å²) in [5, 5.41) is 25.0. The molecule has 1 aliphatic rings. The van der Waals surface area contributed by atoms with Gasteiger partial charge in [0, 0.05) is 24.9 Å². The number of aryl methyl sites for hydroxylation is 1. The molecule has 33 heavy (non-hydrogen) atoms. The minimum atomic E-state index is -0.454. The van der Waals surface area contributed by atoms with Gasteiger partial charge in [-0.15, -0.1) is 15.3 Å². The summed E-state index contributed by atoms with van der Waals surface area (Å²) < 4.78 is 8.76. The van der Waals surface area contributed by atoms with Gasteiger partial charge in [-0.3, -0.25) is 9.78 Å². The summed E-state index contributed by atoms with van der Waals surface area (Å²) in [6.45, 7) is 2.12. The second kappa shape index (κ2) is 8.16. The van der Waals surface area contributed by atoms with Crippen LogP contribution in [0.15, 0.2) is 42.9 Å². The highest BCUT2D eigenvalue weighted by Gasteiger charge is 2.25. The van der Waals surface area contributed by atoms with Gasteiger partial charge < -0.3 is 14.6 Å². The zero-order valence-electron chi connectivity index (χ0n) is 17.9. The molecule has 11 nitrogen and oxygen atoms in total. The first-order valence-corrected chi connectivity index (χ1v) is 10.3. The maximum absolute atomic E-state index is 13.0. The molecule has 5 heterocycles. The fourth-order valence-corrected chi connectivity index (χ4v) is 3.86. The molecule has 4 aromatic heterocycles. The average molecular weight is 441 g/mol. The number of nitriles is 1. The van der Waals surface area contributed by atoms with E-state index < -0.39 is 5.91 Å². The predicted molar refractivity (Wildman–Crippen MR) is 117 cm³/mol. The van der Waals surface area contributed by atoms with Crippen LogP contribution in [0.1, 0.15) is 41.1 Å². The lowest BCUT2D eigenvalue weighted by Gasteiger charge is -2.10. The van der Waals surface area contributed by atoms with Crippen LogP contribution in [0, 0.1) is 11.3 Å². The first-order valence-electron chi connectivity index (χ1n) is 10.3. The molecule has 1 atom stereocenters. The molecule has 0 radical (unpaired) electrons. The number of amides is 1. The lowest BCUT2D eigenvalue weighted by Crippen LogP contribution is -2.14. The number of ether oxygens (including phenoxy) is 1. The van der Waals surface area contributed by atoms with Crippen molar-refractivity contribution in [2.45, 2.75) is 25.8 Å². The van der Waals surface area contributed by atoms with Crippen molar-refractivity contribution >= 4 is 11.7 Å². The second-order valence-electron chi connectivity index (χ2n) is 7.56. The number of rotatable bonds is 5. The van der Waals surface area contributed by atoms with Crippen LogP contribution in [0.2, 0.25) is 0 Å².